The molecule has 3 heterocycles. The second-order valence-corrected chi connectivity index (χ2v) is 4.98. The van der Waals surface area contributed by atoms with Crippen molar-refractivity contribution in [1.82, 2.24) is 9.97 Å². The monoisotopic (exact) mass is 246 g/mol. The molecule has 5 heteroatoms. The molecule has 4 nitrogen and oxygen atoms in total. The molecule has 0 amide bonds. The molecule has 0 bridgehead atoms. The molecule has 2 aromatic rings. The molecule has 1 fully saturated rings. The smallest absolute Gasteiger partial charge is 0.185 e. The Hall–Kier alpha value is -1.62. The third kappa shape index (κ3) is 2.39. The fraction of sp³-hybridized carbons (Fsp3) is 0.333. The van der Waals surface area contributed by atoms with E-state index in [1.165, 1.54) is 0 Å². The van der Waals surface area contributed by atoms with Gasteiger partial charge >= 0.3 is 0 Å². The first-order valence-corrected chi connectivity index (χ1v) is 6.62. The third-order valence-corrected chi connectivity index (χ3v) is 3.73. The van der Waals surface area contributed by atoms with Crippen molar-refractivity contribution in [2.75, 3.05) is 23.3 Å². The molecule has 1 atom stereocenters. The Bertz CT molecular complexity index is 457. The van der Waals surface area contributed by atoms with Crippen molar-refractivity contribution in [3.63, 3.8) is 0 Å². The maximum atomic E-state index is 4.34. The highest BCUT2D eigenvalue weighted by Gasteiger charge is 2.23. The van der Waals surface area contributed by atoms with E-state index in [2.05, 4.69) is 20.2 Å². The summed E-state index contributed by atoms with van der Waals surface area (Å²) < 4.78 is 0. The molecule has 1 N–H and O–H groups in total. The van der Waals surface area contributed by atoms with Gasteiger partial charge in [-0.1, -0.05) is 6.07 Å². The summed E-state index contributed by atoms with van der Waals surface area (Å²) >= 11 is 1.70. The molecule has 1 unspecified atom stereocenters. The zero-order valence-electron chi connectivity index (χ0n) is 9.41. The molecule has 1 aliphatic heterocycles. The van der Waals surface area contributed by atoms with Gasteiger partial charge in [-0.15, -0.1) is 11.3 Å². The van der Waals surface area contributed by atoms with Crippen molar-refractivity contribution in [3.05, 3.63) is 36.0 Å². The van der Waals surface area contributed by atoms with Crippen LogP contribution >= 0.6 is 11.3 Å². The number of thiazole rings is 1. The molecule has 88 valence electrons. The van der Waals surface area contributed by atoms with Crippen molar-refractivity contribution in [2.24, 2.45) is 0 Å². The van der Waals surface area contributed by atoms with Crippen LogP contribution in [0, 0.1) is 0 Å². The predicted octanol–water partition coefficient (Wildman–Crippen LogP) is 2.23. The Morgan fingerprint density at radius 3 is 3.06 bits per heavy atom. The van der Waals surface area contributed by atoms with Crippen LogP contribution < -0.4 is 10.2 Å². The zero-order valence-corrected chi connectivity index (χ0v) is 10.2. The van der Waals surface area contributed by atoms with Crippen LogP contribution in [-0.4, -0.2) is 29.1 Å². The summed E-state index contributed by atoms with van der Waals surface area (Å²) in [6, 6.07) is 6.41. The number of rotatable bonds is 3. The van der Waals surface area contributed by atoms with E-state index < -0.39 is 0 Å². The normalized spacial score (nSPS) is 19.5. The van der Waals surface area contributed by atoms with Crippen LogP contribution in [0.25, 0.3) is 0 Å². The van der Waals surface area contributed by atoms with Gasteiger partial charge in [-0.25, -0.2) is 9.97 Å². The summed E-state index contributed by atoms with van der Waals surface area (Å²) in [5, 5.41) is 6.60. The molecule has 0 aliphatic carbocycles. The van der Waals surface area contributed by atoms with Gasteiger partial charge in [0.15, 0.2) is 5.13 Å². The van der Waals surface area contributed by atoms with E-state index in [0.717, 1.165) is 30.5 Å². The molecular formula is C12H14N4S. The van der Waals surface area contributed by atoms with Gasteiger partial charge in [-0.3, -0.25) is 0 Å². The average molecular weight is 246 g/mol. The summed E-state index contributed by atoms with van der Waals surface area (Å²) in [5.41, 5.74) is 0. The van der Waals surface area contributed by atoms with Crippen LogP contribution in [0.4, 0.5) is 10.9 Å². The molecule has 0 saturated carbocycles. The zero-order chi connectivity index (χ0) is 11.5. The Labute approximate surface area is 104 Å². The van der Waals surface area contributed by atoms with Gasteiger partial charge in [0, 0.05) is 36.9 Å². The number of nitrogens with one attached hydrogen (secondary N) is 1. The summed E-state index contributed by atoms with van der Waals surface area (Å²) in [6.07, 6.45) is 4.81. The van der Waals surface area contributed by atoms with Crippen molar-refractivity contribution < 1.29 is 0 Å². The van der Waals surface area contributed by atoms with E-state index in [4.69, 9.17) is 0 Å². The second-order valence-electron chi connectivity index (χ2n) is 4.11. The maximum Gasteiger partial charge on any atom is 0.185 e. The predicted molar refractivity (Wildman–Crippen MR) is 70.6 cm³/mol. The number of anilines is 2. The van der Waals surface area contributed by atoms with Gasteiger partial charge in [0.2, 0.25) is 0 Å². The molecule has 0 radical (unpaired) electrons. The first kappa shape index (κ1) is 10.5. The molecular weight excluding hydrogens is 232 g/mol. The molecule has 0 spiro atoms. The Balaban J connectivity index is 1.61. The summed E-state index contributed by atoms with van der Waals surface area (Å²) in [6.45, 7) is 2.07. The lowest BCUT2D eigenvalue weighted by Gasteiger charge is -2.15. The highest BCUT2D eigenvalue weighted by molar-refractivity contribution is 7.13. The lowest BCUT2D eigenvalue weighted by Crippen LogP contribution is -2.26. The van der Waals surface area contributed by atoms with E-state index in [-0.39, 0.29) is 0 Å². The highest BCUT2D eigenvalue weighted by atomic mass is 32.1. The SMILES string of the molecule is c1ccc(NC2CCN(c3nccs3)C2)nc1. The minimum atomic E-state index is 0.466. The van der Waals surface area contributed by atoms with Crippen LogP contribution in [0.1, 0.15) is 6.42 Å². The van der Waals surface area contributed by atoms with Gasteiger partial charge in [-0.05, 0) is 18.6 Å². The standard InChI is InChI=1S/C12H14N4S/c1-2-5-13-11(3-1)15-10-4-7-16(9-10)12-14-6-8-17-12/h1-3,5-6,8,10H,4,7,9H2,(H,13,15). The van der Waals surface area contributed by atoms with E-state index >= 15 is 0 Å². The number of hydrogen-bond acceptors (Lipinski definition) is 5. The van der Waals surface area contributed by atoms with Crippen LogP contribution in [0.3, 0.4) is 0 Å². The molecule has 17 heavy (non-hydrogen) atoms. The first-order chi connectivity index (χ1) is 8.42. The minimum absolute atomic E-state index is 0.466. The van der Waals surface area contributed by atoms with Crippen molar-refractivity contribution in [3.8, 4) is 0 Å². The van der Waals surface area contributed by atoms with Crippen molar-refractivity contribution in [2.45, 2.75) is 12.5 Å². The van der Waals surface area contributed by atoms with E-state index in [0.29, 0.717) is 6.04 Å². The van der Waals surface area contributed by atoms with Gasteiger partial charge in [-0.2, -0.15) is 0 Å². The minimum Gasteiger partial charge on any atom is -0.365 e. The largest absolute Gasteiger partial charge is 0.365 e. The molecule has 2 aromatic heterocycles. The molecule has 0 aromatic carbocycles. The van der Waals surface area contributed by atoms with E-state index in [1.54, 1.807) is 11.3 Å². The summed E-state index contributed by atoms with van der Waals surface area (Å²) in [5.74, 6) is 0.957. The summed E-state index contributed by atoms with van der Waals surface area (Å²) in [4.78, 5) is 11.0. The highest BCUT2D eigenvalue weighted by Crippen LogP contribution is 2.23. The van der Waals surface area contributed by atoms with E-state index in [9.17, 15) is 0 Å². The van der Waals surface area contributed by atoms with Gasteiger partial charge < -0.3 is 10.2 Å². The van der Waals surface area contributed by atoms with Crippen LogP contribution in [0.2, 0.25) is 0 Å². The third-order valence-electron chi connectivity index (χ3n) is 2.89. The second kappa shape index (κ2) is 4.71. The average Bonchev–Trinajstić information content (AvgIpc) is 3.00. The Morgan fingerprint density at radius 1 is 1.29 bits per heavy atom. The van der Waals surface area contributed by atoms with Gasteiger partial charge in [0.05, 0.1) is 0 Å². The number of aromatic nitrogens is 2. The van der Waals surface area contributed by atoms with Gasteiger partial charge in [0.1, 0.15) is 5.82 Å². The molecule has 1 saturated heterocycles. The van der Waals surface area contributed by atoms with Crippen LogP contribution in [0.15, 0.2) is 36.0 Å². The number of pyridine rings is 1. The topological polar surface area (TPSA) is 41.0 Å². The fourth-order valence-corrected chi connectivity index (χ4v) is 2.76. The summed E-state index contributed by atoms with van der Waals surface area (Å²) in [7, 11) is 0. The van der Waals surface area contributed by atoms with Crippen molar-refractivity contribution in [1.29, 1.82) is 0 Å². The van der Waals surface area contributed by atoms with Crippen LogP contribution in [0.5, 0.6) is 0 Å². The Kier molecular flexibility index (Phi) is 2.92. The number of hydrogen-bond donors (Lipinski definition) is 1. The lowest BCUT2D eigenvalue weighted by molar-refractivity contribution is 0.800. The number of nitrogens with zero attached hydrogens (tertiary/aromatic N) is 3. The van der Waals surface area contributed by atoms with E-state index in [1.807, 2.05) is 36.0 Å². The molecule has 3 rings (SSSR count). The maximum absolute atomic E-state index is 4.34. The van der Waals surface area contributed by atoms with Crippen LogP contribution in [-0.2, 0) is 0 Å². The van der Waals surface area contributed by atoms with Crippen molar-refractivity contribution >= 4 is 22.3 Å². The quantitative estimate of drug-likeness (QED) is 0.901. The lowest BCUT2D eigenvalue weighted by atomic mass is 10.2. The van der Waals surface area contributed by atoms with Gasteiger partial charge in [0.25, 0.3) is 0 Å². The fourth-order valence-electron chi connectivity index (χ4n) is 2.08. The first-order valence-electron chi connectivity index (χ1n) is 5.74. The molecule has 1 aliphatic rings. The Morgan fingerprint density at radius 2 is 2.29 bits per heavy atom.